The van der Waals surface area contributed by atoms with Crippen LogP contribution >= 0.6 is 0 Å². The molecule has 1 aliphatic rings. The van der Waals surface area contributed by atoms with Crippen LogP contribution in [-0.2, 0) is 20.0 Å². The van der Waals surface area contributed by atoms with Crippen molar-refractivity contribution in [3.63, 3.8) is 0 Å². The highest BCUT2D eigenvalue weighted by atomic mass is 32.2. The first-order valence-corrected chi connectivity index (χ1v) is 12.9. The minimum absolute atomic E-state index is 0.0212. The Morgan fingerprint density at radius 2 is 1.63 bits per heavy atom. The van der Waals surface area contributed by atoms with Crippen molar-refractivity contribution < 1.29 is 21.6 Å². The van der Waals surface area contributed by atoms with E-state index in [4.69, 9.17) is 4.74 Å². The van der Waals surface area contributed by atoms with Crippen LogP contribution in [-0.4, -0.2) is 40.8 Å². The number of rotatable bonds is 7. The number of ether oxygens (including phenoxy) is 1. The summed E-state index contributed by atoms with van der Waals surface area (Å²) in [6, 6.07) is 9.43. The highest BCUT2D eigenvalue weighted by Crippen LogP contribution is 2.32. The first-order valence-electron chi connectivity index (χ1n) is 10.0. The van der Waals surface area contributed by atoms with Crippen molar-refractivity contribution >= 4 is 25.7 Å². The predicted molar refractivity (Wildman–Crippen MR) is 117 cm³/mol. The molecule has 0 saturated carbocycles. The summed E-state index contributed by atoms with van der Waals surface area (Å²) in [6.07, 6.45) is 2.62. The Balaban J connectivity index is 1.99. The molecule has 0 atom stereocenters. The third kappa shape index (κ3) is 4.79. The Morgan fingerprint density at radius 1 is 0.933 bits per heavy atom. The van der Waals surface area contributed by atoms with E-state index in [1.165, 1.54) is 22.5 Å². The molecule has 1 fully saturated rings. The number of hydrogen-bond acceptors (Lipinski definition) is 5. The van der Waals surface area contributed by atoms with Crippen LogP contribution in [0.1, 0.15) is 37.3 Å². The van der Waals surface area contributed by atoms with Crippen molar-refractivity contribution in [2.45, 2.75) is 49.8 Å². The van der Waals surface area contributed by atoms with Crippen LogP contribution in [0.2, 0.25) is 0 Å². The molecule has 0 aliphatic carbocycles. The van der Waals surface area contributed by atoms with Crippen molar-refractivity contribution in [1.29, 1.82) is 0 Å². The normalized spacial score (nSPS) is 15.7. The second-order valence-corrected chi connectivity index (χ2v) is 11.0. The fourth-order valence-corrected chi connectivity index (χ4v) is 6.55. The number of anilines is 1. The van der Waals surface area contributed by atoms with E-state index in [1.54, 1.807) is 32.0 Å². The summed E-state index contributed by atoms with van der Waals surface area (Å²) in [5.41, 5.74) is 1.76. The molecule has 1 heterocycles. The van der Waals surface area contributed by atoms with Crippen LogP contribution < -0.4 is 9.46 Å². The van der Waals surface area contributed by atoms with Gasteiger partial charge in [-0.3, -0.25) is 4.72 Å². The minimum atomic E-state index is -3.87. The summed E-state index contributed by atoms with van der Waals surface area (Å²) in [5, 5.41) is 0. The third-order valence-corrected chi connectivity index (χ3v) is 8.51. The number of hydrogen-bond donors (Lipinski definition) is 1. The SMILES string of the molecule is CCOc1ccc(NS(=O)(=O)c2ccc(C)cc2C)cc1S(=O)(=O)N1CCCCC1. The molecular weight excluding hydrogens is 424 g/mol. The molecule has 0 aromatic heterocycles. The maximum atomic E-state index is 13.2. The number of benzene rings is 2. The van der Waals surface area contributed by atoms with Gasteiger partial charge in [-0.25, -0.2) is 16.8 Å². The fourth-order valence-electron chi connectivity index (χ4n) is 3.60. The summed E-state index contributed by atoms with van der Waals surface area (Å²) in [7, 11) is -7.67. The fraction of sp³-hybridized carbons (Fsp3) is 0.429. The molecule has 30 heavy (non-hydrogen) atoms. The highest BCUT2D eigenvalue weighted by molar-refractivity contribution is 7.92. The van der Waals surface area contributed by atoms with Gasteiger partial charge in [-0.1, -0.05) is 24.1 Å². The first kappa shape index (κ1) is 22.6. The molecule has 0 unspecified atom stereocenters. The van der Waals surface area contributed by atoms with Crippen molar-refractivity contribution in [1.82, 2.24) is 4.31 Å². The zero-order valence-corrected chi connectivity index (χ0v) is 19.1. The van der Waals surface area contributed by atoms with Crippen LogP contribution in [0.5, 0.6) is 5.75 Å². The van der Waals surface area contributed by atoms with E-state index in [1.807, 2.05) is 6.92 Å². The highest BCUT2D eigenvalue weighted by Gasteiger charge is 2.30. The summed E-state index contributed by atoms with van der Waals surface area (Å²) in [4.78, 5) is 0.134. The predicted octanol–water partition coefficient (Wildman–Crippen LogP) is 3.68. The lowest BCUT2D eigenvalue weighted by atomic mass is 10.2. The summed E-state index contributed by atoms with van der Waals surface area (Å²) >= 11 is 0. The van der Waals surface area contributed by atoms with Gasteiger partial charge >= 0.3 is 0 Å². The lowest BCUT2D eigenvalue weighted by Gasteiger charge is -2.27. The molecule has 164 valence electrons. The first-order chi connectivity index (χ1) is 14.1. The smallest absolute Gasteiger partial charge is 0.262 e. The van der Waals surface area contributed by atoms with Gasteiger partial charge in [0.2, 0.25) is 10.0 Å². The quantitative estimate of drug-likeness (QED) is 0.692. The van der Waals surface area contributed by atoms with Gasteiger partial charge in [0.25, 0.3) is 10.0 Å². The zero-order valence-electron chi connectivity index (χ0n) is 17.5. The number of nitrogens with zero attached hydrogens (tertiary/aromatic N) is 1. The number of nitrogens with one attached hydrogen (secondary N) is 1. The molecule has 0 bridgehead atoms. The number of piperidine rings is 1. The van der Waals surface area contributed by atoms with Gasteiger partial charge in [0, 0.05) is 13.1 Å². The van der Waals surface area contributed by atoms with Gasteiger partial charge in [-0.15, -0.1) is 0 Å². The zero-order chi connectivity index (χ0) is 21.9. The van der Waals surface area contributed by atoms with Crippen molar-refractivity contribution in [3.8, 4) is 5.75 Å². The van der Waals surface area contributed by atoms with Gasteiger partial charge < -0.3 is 4.74 Å². The van der Waals surface area contributed by atoms with Crippen LogP contribution in [0, 0.1) is 13.8 Å². The second kappa shape index (κ2) is 8.95. The van der Waals surface area contributed by atoms with Crippen LogP contribution in [0.3, 0.4) is 0 Å². The number of sulfonamides is 2. The van der Waals surface area contributed by atoms with E-state index >= 15 is 0 Å². The van der Waals surface area contributed by atoms with Gasteiger partial charge in [0.1, 0.15) is 10.6 Å². The molecule has 0 spiro atoms. The lowest BCUT2D eigenvalue weighted by molar-refractivity contribution is 0.323. The van der Waals surface area contributed by atoms with Crippen LogP contribution in [0.15, 0.2) is 46.2 Å². The van der Waals surface area contributed by atoms with Gasteiger partial charge in [0.05, 0.1) is 17.2 Å². The molecule has 2 aromatic carbocycles. The van der Waals surface area contributed by atoms with E-state index in [0.29, 0.717) is 25.3 Å². The molecule has 1 N–H and O–H groups in total. The van der Waals surface area contributed by atoms with Gasteiger partial charge in [-0.05, 0) is 63.4 Å². The summed E-state index contributed by atoms with van der Waals surface area (Å²) in [5.74, 6) is 0.220. The second-order valence-electron chi connectivity index (χ2n) is 7.43. The summed E-state index contributed by atoms with van der Waals surface area (Å²) < 4.78 is 61.8. The Labute approximate surface area is 179 Å². The molecule has 1 saturated heterocycles. The lowest BCUT2D eigenvalue weighted by Crippen LogP contribution is -2.35. The van der Waals surface area contributed by atoms with Crippen LogP contribution in [0.4, 0.5) is 5.69 Å². The third-order valence-electron chi connectivity index (χ3n) is 5.05. The molecule has 0 amide bonds. The monoisotopic (exact) mass is 452 g/mol. The molecule has 1 aliphatic heterocycles. The van der Waals surface area contributed by atoms with E-state index < -0.39 is 20.0 Å². The van der Waals surface area contributed by atoms with E-state index in [9.17, 15) is 16.8 Å². The molecule has 2 aromatic rings. The summed E-state index contributed by atoms with van der Waals surface area (Å²) in [6.45, 7) is 6.59. The Bertz CT molecular complexity index is 1120. The van der Waals surface area contributed by atoms with E-state index in [2.05, 4.69) is 4.72 Å². The molecule has 7 nitrogen and oxygen atoms in total. The largest absolute Gasteiger partial charge is 0.492 e. The van der Waals surface area contributed by atoms with Gasteiger partial charge in [0.15, 0.2) is 0 Å². The maximum absolute atomic E-state index is 13.2. The van der Waals surface area contributed by atoms with E-state index in [0.717, 1.165) is 24.8 Å². The minimum Gasteiger partial charge on any atom is -0.492 e. The standard InChI is InChI=1S/C21H28N2O5S2/c1-4-28-19-10-9-18(15-21(19)30(26,27)23-12-6-5-7-13-23)22-29(24,25)20-11-8-16(2)14-17(20)3/h8-11,14-15,22H,4-7,12-13H2,1-3H3. The molecule has 0 radical (unpaired) electrons. The van der Waals surface area contributed by atoms with Crippen molar-refractivity contribution in [2.75, 3.05) is 24.4 Å². The molecular formula is C21H28N2O5S2. The average Bonchev–Trinajstić information content (AvgIpc) is 2.69. The van der Waals surface area contributed by atoms with Crippen molar-refractivity contribution in [2.24, 2.45) is 0 Å². The van der Waals surface area contributed by atoms with E-state index in [-0.39, 0.29) is 21.2 Å². The van der Waals surface area contributed by atoms with Gasteiger partial charge in [-0.2, -0.15) is 4.31 Å². The number of aryl methyl sites for hydroxylation is 2. The average molecular weight is 453 g/mol. The molecule has 9 heteroatoms. The Hall–Kier alpha value is -2.10. The van der Waals surface area contributed by atoms with Crippen LogP contribution in [0.25, 0.3) is 0 Å². The maximum Gasteiger partial charge on any atom is 0.262 e. The van der Waals surface area contributed by atoms with Crippen molar-refractivity contribution in [3.05, 3.63) is 47.5 Å². The Morgan fingerprint density at radius 3 is 2.27 bits per heavy atom. The topological polar surface area (TPSA) is 92.8 Å². The molecule has 3 rings (SSSR count). The Kier molecular flexibility index (Phi) is 6.74.